The first-order valence-corrected chi connectivity index (χ1v) is 10.1. The number of hydrogen-bond acceptors (Lipinski definition) is 5. The van der Waals surface area contributed by atoms with E-state index in [1.807, 2.05) is 6.07 Å². The lowest BCUT2D eigenvalue weighted by atomic mass is 10.1. The van der Waals surface area contributed by atoms with E-state index in [1.54, 1.807) is 11.8 Å². The van der Waals surface area contributed by atoms with Crippen molar-refractivity contribution in [2.24, 2.45) is 0 Å². The summed E-state index contributed by atoms with van der Waals surface area (Å²) in [6.45, 7) is 4.43. The second kappa shape index (κ2) is 6.54. The summed E-state index contributed by atoms with van der Waals surface area (Å²) in [7, 11) is 0. The van der Waals surface area contributed by atoms with Gasteiger partial charge in [-0.1, -0.05) is 58.0 Å². The Balaban J connectivity index is 1.64. The number of hydrogen-bond donors (Lipinski definition) is 1. The Labute approximate surface area is 153 Å². The molecule has 126 valence electrons. The molecule has 0 saturated carbocycles. The lowest BCUT2D eigenvalue weighted by molar-refractivity contribution is 0.206. The molecule has 0 saturated heterocycles. The first-order chi connectivity index (χ1) is 11.7. The highest BCUT2D eigenvalue weighted by atomic mass is 79.9. The van der Waals surface area contributed by atoms with Crippen molar-refractivity contribution < 1.29 is 0 Å². The van der Waals surface area contributed by atoms with Crippen molar-refractivity contribution in [3.63, 3.8) is 0 Å². The molecule has 5 nitrogen and oxygen atoms in total. The van der Waals surface area contributed by atoms with Crippen LogP contribution in [0.3, 0.4) is 0 Å². The topological polar surface area (TPSA) is 50.2 Å². The summed E-state index contributed by atoms with van der Waals surface area (Å²) < 4.78 is 2.16. The van der Waals surface area contributed by atoms with Crippen LogP contribution in [0.4, 0.5) is 5.82 Å². The van der Waals surface area contributed by atoms with Gasteiger partial charge in [-0.2, -0.15) is 4.98 Å². The molecular weight excluding hydrogens is 388 g/mol. The molecule has 0 bridgehead atoms. The summed E-state index contributed by atoms with van der Waals surface area (Å²) in [6.07, 6.45) is 0. The van der Waals surface area contributed by atoms with Crippen LogP contribution in [0.5, 0.6) is 0 Å². The molecule has 1 aromatic heterocycles. The number of benzene rings is 1. The molecule has 0 amide bonds. The van der Waals surface area contributed by atoms with Gasteiger partial charge in [-0.05, 0) is 12.5 Å². The fourth-order valence-corrected chi connectivity index (χ4v) is 4.92. The van der Waals surface area contributed by atoms with Crippen molar-refractivity contribution in [2.45, 2.75) is 36.5 Å². The molecule has 2 aromatic rings. The Morgan fingerprint density at radius 3 is 2.96 bits per heavy atom. The van der Waals surface area contributed by atoms with Crippen LogP contribution in [0.25, 0.3) is 0 Å². The van der Waals surface area contributed by atoms with Crippen LogP contribution in [0.15, 0.2) is 40.3 Å². The molecule has 2 aliphatic rings. The van der Waals surface area contributed by atoms with Gasteiger partial charge < -0.3 is 9.88 Å². The van der Waals surface area contributed by atoms with Gasteiger partial charge in [-0.25, -0.2) is 0 Å². The van der Waals surface area contributed by atoms with Gasteiger partial charge >= 0.3 is 0 Å². The second-order valence-electron chi connectivity index (χ2n) is 6.20. The number of anilines is 1. The Kier molecular flexibility index (Phi) is 4.40. The molecule has 24 heavy (non-hydrogen) atoms. The van der Waals surface area contributed by atoms with Crippen molar-refractivity contribution >= 4 is 33.5 Å². The lowest BCUT2D eigenvalue weighted by Gasteiger charge is -2.35. The third-order valence-electron chi connectivity index (χ3n) is 4.71. The molecule has 0 radical (unpaired) electrons. The van der Waals surface area contributed by atoms with Gasteiger partial charge in [0.15, 0.2) is 5.16 Å². The van der Waals surface area contributed by atoms with E-state index in [-0.39, 0.29) is 11.6 Å². The van der Waals surface area contributed by atoms with E-state index < -0.39 is 0 Å². The smallest absolute Gasteiger partial charge is 0.280 e. The summed E-state index contributed by atoms with van der Waals surface area (Å²) >= 11 is 5.21. The van der Waals surface area contributed by atoms with E-state index in [0.29, 0.717) is 11.8 Å². The fraction of sp³-hybridized carbons (Fsp3) is 0.412. The maximum absolute atomic E-state index is 12.5. The predicted molar refractivity (Wildman–Crippen MR) is 101 cm³/mol. The zero-order valence-electron chi connectivity index (χ0n) is 13.4. The van der Waals surface area contributed by atoms with Gasteiger partial charge in [0.1, 0.15) is 5.82 Å². The average Bonchev–Trinajstić information content (AvgIpc) is 3.05. The van der Waals surface area contributed by atoms with Gasteiger partial charge in [0.2, 0.25) is 0 Å². The third-order valence-corrected chi connectivity index (χ3v) is 7.09. The first-order valence-electron chi connectivity index (χ1n) is 8.06. The van der Waals surface area contributed by atoms with Crippen LogP contribution < -0.4 is 10.9 Å². The minimum absolute atomic E-state index is 0.101. The highest BCUT2D eigenvalue weighted by Gasteiger charge is 2.31. The van der Waals surface area contributed by atoms with Gasteiger partial charge in [-0.3, -0.25) is 9.69 Å². The predicted octanol–water partition coefficient (Wildman–Crippen LogP) is 3.06. The van der Waals surface area contributed by atoms with E-state index in [4.69, 9.17) is 0 Å². The summed E-state index contributed by atoms with van der Waals surface area (Å²) in [5.41, 5.74) is 1.94. The van der Waals surface area contributed by atoms with Crippen molar-refractivity contribution in [1.82, 2.24) is 14.5 Å². The van der Waals surface area contributed by atoms with Crippen LogP contribution >= 0.6 is 27.7 Å². The summed E-state index contributed by atoms with van der Waals surface area (Å²) in [5.74, 6) is 0.956. The normalized spacial score (nSPS) is 21.0. The van der Waals surface area contributed by atoms with Crippen molar-refractivity contribution in [3.8, 4) is 0 Å². The van der Waals surface area contributed by atoms with E-state index in [9.17, 15) is 4.79 Å². The molecule has 1 N–H and O–H groups in total. The minimum atomic E-state index is -0.101. The number of aromatic nitrogens is 2. The maximum atomic E-state index is 12.5. The van der Waals surface area contributed by atoms with E-state index in [0.717, 1.165) is 35.1 Å². The van der Waals surface area contributed by atoms with Crippen LogP contribution in [-0.2, 0) is 13.1 Å². The minimum Gasteiger partial charge on any atom is -0.358 e. The van der Waals surface area contributed by atoms with E-state index in [2.05, 4.69) is 66.9 Å². The summed E-state index contributed by atoms with van der Waals surface area (Å²) in [6, 6.07) is 10.6. The number of alkyl halides is 1. The number of thioether (sulfide) groups is 1. The Bertz CT molecular complexity index is 810. The Hall–Kier alpha value is -1.31. The second-order valence-corrected chi connectivity index (χ2v) is 8.11. The third kappa shape index (κ3) is 2.78. The number of fused-ring (bicyclic) bond motifs is 3. The molecule has 0 fully saturated rings. The summed E-state index contributed by atoms with van der Waals surface area (Å²) in [4.78, 5) is 19.1. The molecule has 0 aliphatic carbocycles. The largest absolute Gasteiger partial charge is 0.358 e. The Morgan fingerprint density at radius 2 is 2.21 bits per heavy atom. The highest BCUT2D eigenvalue weighted by molar-refractivity contribution is 9.09. The van der Waals surface area contributed by atoms with Gasteiger partial charge in [-0.15, -0.1) is 0 Å². The lowest BCUT2D eigenvalue weighted by Crippen LogP contribution is -2.40. The quantitative estimate of drug-likeness (QED) is 0.626. The van der Waals surface area contributed by atoms with Crippen LogP contribution in [-0.4, -0.2) is 31.7 Å². The molecule has 2 atom stereocenters. The van der Waals surface area contributed by atoms with Crippen molar-refractivity contribution in [2.75, 3.05) is 17.3 Å². The van der Waals surface area contributed by atoms with Gasteiger partial charge in [0.05, 0.1) is 12.2 Å². The molecule has 0 spiro atoms. The van der Waals surface area contributed by atoms with E-state index >= 15 is 0 Å². The SMILES string of the molecule is C[C@@H](c1ccccc1)N1CNc2c(c(=O)nc3n2C[C@H](CBr)S3)C1. The first kappa shape index (κ1) is 16.2. The van der Waals surface area contributed by atoms with Crippen LogP contribution in [0.1, 0.15) is 24.1 Å². The number of rotatable bonds is 3. The molecular formula is C17H19BrN4OS. The standard InChI is InChI=1S/C17H19BrN4OS/c1-11(12-5-3-2-4-6-12)21-9-14-15(19-10-21)22-8-13(7-18)24-17(22)20-16(14)23/h2-6,11,13,19H,7-10H2,1H3/t11-,13-/m0/s1. The van der Waals surface area contributed by atoms with Gasteiger partial charge in [0.25, 0.3) is 5.56 Å². The van der Waals surface area contributed by atoms with Crippen LogP contribution in [0.2, 0.25) is 0 Å². The Morgan fingerprint density at radius 1 is 1.42 bits per heavy atom. The van der Waals surface area contributed by atoms with E-state index in [1.165, 1.54) is 5.56 Å². The zero-order chi connectivity index (χ0) is 16.7. The van der Waals surface area contributed by atoms with Crippen LogP contribution in [0, 0.1) is 0 Å². The number of halogens is 1. The van der Waals surface area contributed by atoms with Crippen molar-refractivity contribution in [3.05, 3.63) is 51.8 Å². The average molecular weight is 407 g/mol. The molecule has 3 heterocycles. The summed E-state index contributed by atoms with van der Waals surface area (Å²) in [5, 5.41) is 5.64. The fourth-order valence-electron chi connectivity index (χ4n) is 3.30. The molecule has 0 unspecified atom stereocenters. The molecule has 2 aliphatic heterocycles. The monoisotopic (exact) mass is 406 g/mol. The van der Waals surface area contributed by atoms with Crippen molar-refractivity contribution in [1.29, 1.82) is 0 Å². The number of nitrogens with zero attached hydrogens (tertiary/aromatic N) is 3. The highest BCUT2D eigenvalue weighted by Crippen LogP contribution is 2.36. The molecule has 7 heteroatoms. The molecule has 4 rings (SSSR count). The maximum Gasteiger partial charge on any atom is 0.280 e. The zero-order valence-corrected chi connectivity index (χ0v) is 15.8. The molecule has 1 aromatic carbocycles. The van der Waals surface area contributed by atoms with Gasteiger partial charge in [0, 0.05) is 29.7 Å². The number of nitrogens with one attached hydrogen (secondary N) is 1.